The van der Waals surface area contributed by atoms with E-state index in [-0.39, 0.29) is 5.84 Å². The molecule has 0 aliphatic carbocycles. The van der Waals surface area contributed by atoms with Crippen molar-refractivity contribution in [2.45, 2.75) is 20.8 Å². The number of oxime groups is 1. The number of amidine groups is 1. The molecule has 0 radical (unpaired) electrons. The van der Waals surface area contributed by atoms with Crippen LogP contribution in [0.4, 0.5) is 0 Å². The van der Waals surface area contributed by atoms with Crippen LogP contribution in [0.15, 0.2) is 17.4 Å². The second-order valence-corrected chi connectivity index (χ2v) is 3.96. The average Bonchev–Trinajstić information content (AvgIpc) is 2.65. The van der Waals surface area contributed by atoms with Crippen molar-refractivity contribution in [3.63, 3.8) is 0 Å². The van der Waals surface area contributed by atoms with Gasteiger partial charge in [0.15, 0.2) is 11.7 Å². The van der Waals surface area contributed by atoms with Crippen LogP contribution < -0.4 is 5.73 Å². The zero-order chi connectivity index (χ0) is 13.3. The molecule has 0 aliphatic heterocycles. The highest BCUT2D eigenvalue weighted by Gasteiger charge is 2.16. The predicted octanol–water partition coefficient (Wildman–Crippen LogP) is 0.682. The minimum atomic E-state index is -0.0230. The minimum Gasteiger partial charge on any atom is -0.409 e. The highest BCUT2D eigenvalue weighted by Crippen LogP contribution is 2.17. The van der Waals surface area contributed by atoms with Gasteiger partial charge in [-0.2, -0.15) is 10.2 Å². The van der Waals surface area contributed by atoms with E-state index in [9.17, 15) is 0 Å². The Hall–Kier alpha value is -2.44. The number of nitrogens with two attached hydrogens (primary N) is 1. The Morgan fingerprint density at radius 1 is 1.39 bits per heavy atom. The van der Waals surface area contributed by atoms with Gasteiger partial charge in [-0.1, -0.05) is 5.16 Å². The van der Waals surface area contributed by atoms with Crippen LogP contribution in [0.5, 0.6) is 0 Å². The first-order valence-electron chi connectivity index (χ1n) is 5.39. The zero-order valence-electron chi connectivity index (χ0n) is 10.4. The molecule has 0 atom stereocenters. The first kappa shape index (κ1) is 12.0. The Balaban J connectivity index is 2.68. The van der Waals surface area contributed by atoms with Gasteiger partial charge in [-0.15, -0.1) is 5.10 Å². The monoisotopic (exact) mass is 246 g/mol. The molecular formula is C11H14N6O. The molecule has 18 heavy (non-hydrogen) atoms. The Morgan fingerprint density at radius 2 is 2.11 bits per heavy atom. The highest BCUT2D eigenvalue weighted by molar-refractivity contribution is 5.99. The van der Waals surface area contributed by atoms with Gasteiger partial charge in [0, 0.05) is 5.69 Å². The van der Waals surface area contributed by atoms with Gasteiger partial charge in [0.05, 0.1) is 17.5 Å². The molecule has 0 unspecified atom stereocenters. The summed E-state index contributed by atoms with van der Waals surface area (Å²) in [6.45, 7) is 5.83. The fourth-order valence-corrected chi connectivity index (χ4v) is 1.66. The van der Waals surface area contributed by atoms with E-state index in [4.69, 9.17) is 10.9 Å². The van der Waals surface area contributed by atoms with Crippen LogP contribution in [0, 0.1) is 20.8 Å². The van der Waals surface area contributed by atoms with Crippen LogP contribution in [0.25, 0.3) is 5.82 Å². The van der Waals surface area contributed by atoms with Crippen molar-refractivity contribution in [3.8, 4) is 5.82 Å². The lowest BCUT2D eigenvalue weighted by Gasteiger charge is -2.07. The summed E-state index contributed by atoms with van der Waals surface area (Å²) in [5.41, 5.74) is 9.03. The number of aryl methyl sites for hydroxylation is 1. The first-order chi connectivity index (χ1) is 8.56. The molecule has 7 nitrogen and oxygen atoms in total. The quantitative estimate of drug-likeness (QED) is 0.351. The fraction of sp³-hybridized carbons (Fsp3) is 0.273. The number of rotatable bonds is 2. The summed E-state index contributed by atoms with van der Waals surface area (Å²) in [5.74, 6) is 0.423. The molecule has 0 bridgehead atoms. The van der Waals surface area contributed by atoms with E-state index in [1.807, 2.05) is 20.8 Å². The molecule has 2 aromatic rings. The second kappa shape index (κ2) is 4.44. The number of nitrogens with zero attached hydrogens (tertiary/aromatic N) is 5. The summed E-state index contributed by atoms with van der Waals surface area (Å²) in [4.78, 5) is 0. The molecule has 94 valence electrons. The molecule has 0 amide bonds. The van der Waals surface area contributed by atoms with Crippen LogP contribution in [-0.4, -0.2) is 31.0 Å². The van der Waals surface area contributed by atoms with Gasteiger partial charge < -0.3 is 10.9 Å². The SMILES string of the molecule is Cc1nn(-c2nnccc2/C(N)=N/O)c(C)c1C. The summed E-state index contributed by atoms with van der Waals surface area (Å²) in [6, 6.07) is 1.63. The maximum atomic E-state index is 8.77. The number of hydrogen-bond donors (Lipinski definition) is 2. The molecule has 0 saturated carbocycles. The number of aromatic nitrogens is 4. The van der Waals surface area contributed by atoms with E-state index >= 15 is 0 Å². The summed E-state index contributed by atoms with van der Waals surface area (Å²) in [7, 11) is 0. The number of hydrogen-bond acceptors (Lipinski definition) is 5. The van der Waals surface area contributed by atoms with Crippen molar-refractivity contribution in [3.05, 3.63) is 34.8 Å². The van der Waals surface area contributed by atoms with Crippen molar-refractivity contribution in [2.75, 3.05) is 0 Å². The molecule has 0 saturated heterocycles. The Labute approximate surface area is 104 Å². The van der Waals surface area contributed by atoms with Gasteiger partial charge >= 0.3 is 0 Å². The Kier molecular flexibility index (Phi) is 2.97. The third-order valence-corrected chi connectivity index (χ3v) is 2.94. The third kappa shape index (κ3) is 1.79. The van der Waals surface area contributed by atoms with Crippen molar-refractivity contribution >= 4 is 5.84 Å². The standard InChI is InChI=1S/C11H14N6O/c1-6-7(2)15-17(8(6)3)11-9(10(12)16-18)4-5-13-14-11/h4-5,18H,1-3H3,(H2,12,16). The summed E-state index contributed by atoms with van der Waals surface area (Å²) >= 11 is 0. The van der Waals surface area contributed by atoms with E-state index in [2.05, 4.69) is 20.5 Å². The lowest BCUT2D eigenvalue weighted by Crippen LogP contribution is -2.18. The van der Waals surface area contributed by atoms with Crippen LogP contribution in [0.3, 0.4) is 0 Å². The van der Waals surface area contributed by atoms with Crippen molar-refractivity contribution < 1.29 is 5.21 Å². The molecule has 0 fully saturated rings. The second-order valence-electron chi connectivity index (χ2n) is 3.96. The smallest absolute Gasteiger partial charge is 0.187 e. The molecule has 0 aliphatic rings. The van der Waals surface area contributed by atoms with Gasteiger partial charge in [0.1, 0.15) is 0 Å². The molecule has 2 aromatic heterocycles. The van der Waals surface area contributed by atoms with Crippen LogP contribution in [-0.2, 0) is 0 Å². The third-order valence-electron chi connectivity index (χ3n) is 2.94. The normalized spacial score (nSPS) is 11.8. The minimum absolute atomic E-state index is 0.0230. The topological polar surface area (TPSA) is 102 Å². The van der Waals surface area contributed by atoms with Crippen LogP contribution in [0.2, 0.25) is 0 Å². The van der Waals surface area contributed by atoms with Crippen LogP contribution in [0.1, 0.15) is 22.5 Å². The summed E-state index contributed by atoms with van der Waals surface area (Å²) in [5, 5.41) is 24.0. The van der Waals surface area contributed by atoms with Gasteiger partial charge in [-0.3, -0.25) is 0 Å². The van der Waals surface area contributed by atoms with E-state index in [0.717, 1.165) is 17.0 Å². The van der Waals surface area contributed by atoms with E-state index in [1.165, 1.54) is 6.20 Å². The van der Waals surface area contributed by atoms with Crippen molar-refractivity contribution in [1.29, 1.82) is 0 Å². The molecule has 0 spiro atoms. The predicted molar refractivity (Wildman–Crippen MR) is 65.9 cm³/mol. The lowest BCUT2D eigenvalue weighted by molar-refractivity contribution is 0.318. The highest BCUT2D eigenvalue weighted by atomic mass is 16.4. The molecular weight excluding hydrogens is 232 g/mol. The van der Waals surface area contributed by atoms with Crippen molar-refractivity contribution in [1.82, 2.24) is 20.0 Å². The van der Waals surface area contributed by atoms with Gasteiger partial charge in [0.2, 0.25) is 0 Å². The molecule has 2 heterocycles. The summed E-state index contributed by atoms with van der Waals surface area (Å²) < 4.78 is 1.64. The largest absolute Gasteiger partial charge is 0.409 e. The van der Waals surface area contributed by atoms with E-state index in [0.29, 0.717) is 11.4 Å². The first-order valence-corrected chi connectivity index (χ1v) is 5.39. The molecule has 3 N–H and O–H groups in total. The average molecular weight is 246 g/mol. The van der Waals surface area contributed by atoms with E-state index in [1.54, 1.807) is 10.7 Å². The Bertz CT molecular complexity index is 616. The van der Waals surface area contributed by atoms with Gasteiger partial charge in [-0.25, -0.2) is 4.68 Å². The van der Waals surface area contributed by atoms with Gasteiger partial charge in [0.25, 0.3) is 0 Å². The zero-order valence-corrected chi connectivity index (χ0v) is 10.4. The maximum Gasteiger partial charge on any atom is 0.187 e. The Morgan fingerprint density at radius 3 is 2.67 bits per heavy atom. The molecule has 7 heteroatoms. The lowest BCUT2D eigenvalue weighted by atomic mass is 10.2. The summed E-state index contributed by atoms with van der Waals surface area (Å²) in [6.07, 6.45) is 1.48. The maximum absolute atomic E-state index is 8.77. The van der Waals surface area contributed by atoms with E-state index < -0.39 is 0 Å². The van der Waals surface area contributed by atoms with Crippen molar-refractivity contribution in [2.24, 2.45) is 10.9 Å². The van der Waals surface area contributed by atoms with Gasteiger partial charge in [-0.05, 0) is 32.4 Å². The molecule has 0 aromatic carbocycles. The molecule has 2 rings (SSSR count). The fourth-order valence-electron chi connectivity index (χ4n) is 1.66. The van der Waals surface area contributed by atoms with Crippen LogP contribution >= 0.6 is 0 Å².